The molecule has 0 spiro atoms. The van der Waals surface area contributed by atoms with Gasteiger partial charge in [0.05, 0.1) is 26.3 Å². The van der Waals surface area contributed by atoms with Crippen molar-refractivity contribution in [2.24, 2.45) is 0 Å². The molecule has 4 aromatic heterocycles. The maximum atomic E-state index is 12.2. The van der Waals surface area contributed by atoms with Crippen LogP contribution in [0.4, 0.5) is 0 Å². The summed E-state index contributed by atoms with van der Waals surface area (Å²) in [5, 5.41) is 40.2. The van der Waals surface area contributed by atoms with Crippen LogP contribution >= 0.6 is 34.0 Å². The number of phenols is 2. The van der Waals surface area contributed by atoms with Crippen molar-refractivity contribution < 1.29 is 63.2 Å². The molecule has 0 amide bonds. The molecule has 66 heavy (non-hydrogen) atoms. The van der Waals surface area contributed by atoms with Crippen LogP contribution in [0.5, 0.6) is 17.2 Å². The molecule has 10 aromatic rings. The number of aromatic hydroxyl groups is 3. The van der Waals surface area contributed by atoms with Gasteiger partial charge in [0.2, 0.25) is 11.2 Å². The molecule has 334 valence electrons. The molecule has 0 radical (unpaired) electrons. The molecule has 0 aliphatic rings. The van der Waals surface area contributed by atoms with Crippen molar-refractivity contribution in [3.05, 3.63) is 201 Å². The van der Waals surface area contributed by atoms with Crippen LogP contribution in [0, 0.1) is 0 Å². The lowest BCUT2D eigenvalue weighted by Crippen LogP contribution is -3.00. The average Bonchev–Trinajstić information content (AvgIpc) is 4.07. The topological polar surface area (TPSA) is 162 Å². The normalized spacial score (nSPS) is 10.3. The van der Waals surface area contributed by atoms with Gasteiger partial charge in [-0.05, 0) is 115 Å². The summed E-state index contributed by atoms with van der Waals surface area (Å²) >= 11 is 4.66. The van der Waals surface area contributed by atoms with E-state index in [0.29, 0.717) is 22.1 Å². The van der Waals surface area contributed by atoms with Gasteiger partial charge in [0, 0.05) is 25.6 Å². The molecular weight excluding hydrogens is 1000 g/mol. The predicted molar refractivity (Wildman–Crippen MR) is 266 cm³/mol. The van der Waals surface area contributed by atoms with E-state index in [1.54, 1.807) is 85.0 Å². The monoisotopic (exact) mass is 1050 g/mol. The number of fused-ring (bicyclic) bond motifs is 4. The van der Waals surface area contributed by atoms with Crippen LogP contribution in [0.3, 0.4) is 0 Å². The van der Waals surface area contributed by atoms with Gasteiger partial charge in [0.25, 0.3) is 0 Å². The van der Waals surface area contributed by atoms with Gasteiger partial charge >= 0.3 is 0 Å². The highest BCUT2D eigenvalue weighted by molar-refractivity contribution is 7.22. The third-order valence-electron chi connectivity index (χ3n) is 9.28. The summed E-state index contributed by atoms with van der Waals surface area (Å²) in [5.74, 6) is -0.340. The lowest BCUT2D eigenvalue weighted by atomic mass is 10.1. The molecule has 0 saturated heterocycles. The number of rotatable bonds is 6. The molecule has 13 heteroatoms. The minimum atomic E-state index is -0.399. The van der Waals surface area contributed by atoms with Crippen LogP contribution in [0.2, 0.25) is 0 Å². The van der Waals surface area contributed by atoms with Gasteiger partial charge < -0.3 is 48.8 Å². The maximum Gasteiger partial charge on any atom is 0.235 e. The Kier molecular flexibility index (Phi) is 18.7. The van der Waals surface area contributed by atoms with E-state index in [9.17, 15) is 29.4 Å². The molecule has 0 aliphatic carbocycles. The van der Waals surface area contributed by atoms with E-state index >= 15 is 0 Å². The molecule has 4 heterocycles. The molecule has 0 unspecified atom stereocenters. The number of carbonyl (C=O) groups excluding carboxylic acids is 3. The van der Waals surface area contributed by atoms with Crippen molar-refractivity contribution in [3.63, 3.8) is 0 Å². The van der Waals surface area contributed by atoms with Crippen LogP contribution in [0.15, 0.2) is 179 Å². The number of aliphatic hydroxyl groups is 1. The summed E-state index contributed by atoms with van der Waals surface area (Å²) in [7, 11) is 0. The highest BCUT2D eigenvalue weighted by Crippen LogP contribution is 2.38. The number of carbonyl (C=O) groups is 3. The maximum absolute atomic E-state index is 12.2. The zero-order chi connectivity index (χ0) is 46.3. The number of allylic oxidation sites excluding steroid dienone is 1. The van der Waals surface area contributed by atoms with Crippen LogP contribution in [-0.2, 0) is 0 Å². The fourth-order valence-corrected chi connectivity index (χ4v) is 9.13. The SMILES string of the molecule is CC(=O)c1ccccc1O.CCO.O=C(/C=C/c1cc2ccccc2s1)c1ccccc1O.O=Cc1cc2ccccc2s1.O=c1c(O)c(-c2cc3ccccc3s2)oc2ccccc12.[I-]. The molecule has 10 rings (SSSR count). The molecule has 6 aromatic carbocycles. The Balaban J connectivity index is 0.000000168. The third kappa shape index (κ3) is 13.0. The summed E-state index contributed by atoms with van der Waals surface area (Å²) in [6.45, 7) is 3.36. The first-order valence-electron chi connectivity index (χ1n) is 20.1. The van der Waals surface area contributed by atoms with Crippen LogP contribution in [0.25, 0.3) is 57.9 Å². The second-order valence-electron chi connectivity index (χ2n) is 13.8. The average molecular weight is 1050 g/mol. The number of hydrogen-bond acceptors (Lipinski definition) is 12. The largest absolute Gasteiger partial charge is 1.00 e. The van der Waals surface area contributed by atoms with Crippen LogP contribution in [-0.4, -0.2) is 44.9 Å². The number of thiophene rings is 3. The quantitative estimate of drug-likeness (QED) is 0.0550. The van der Waals surface area contributed by atoms with Crippen molar-refractivity contribution in [1.82, 2.24) is 0 Å². The molecule has 0 saturated carbocycles. The second kappa shape index (κ2) is 24.5. The van der Waals surface area contributed by atoms with Crippen molar-refractivity contribution in [3.8, 4) is 27.9 Å². The minimum absolute atomic E-state index is 0. The highest BCUT2D eigenvalue weighted by Gasteiger charge is 2.17. The van der Waals surface area contributed by atoms with Gasteiger partial charge in [0.1, 0.15) is 17.1 Å². The summed E-state index contributed by atoms with van der Waals surface area (Å²) in [5.41, 5.74) is 0.782. The highest BCUT2D eigenvalue weighted by atomic mass is 127. The molecule has 0 aliphatic heterocycles. The zero-order valence-electron chi connectivity index (χ0n) is 35.5. The van der Waals surface area contributed by atoms with E-state index in [2.05, 4.69) is 12.1 Å². The first-order valence-corrected chi connectivity index (χ1v) is 22.5. The molecule has 0 atom stereocenters. The van der Waals surface area contributed by atoms with E-state index < -0.39 is 5.43 Å². The van der Waals surface area contributed by atoms with E-state index in [4.69, 9.17) is 14.6 Å². The molecule has 0 bridgehead atoms. The van der Waals surface area contributed by atoms with E-state index in [1.807, 2.05) is 78.9 Å². The molecule has 9 nitrogen and oxygen atoms in total. The molecule has 4 N–H and O–H groups in total. The van der Waals surface area contributed by atoms with Crippen molar-refractivity contribution in [2.45, 2.75) is 13.8 Å². The lowest BCUT2D eigenvalue weighted by Gasteiger charge is -2.03. The van der Waals surface area contributed by atoms with Gasteiger partial charge in [-0.3, -0.25) is 19.2 Å². The number of halogens is 1. The smallest absolute Gasteiger partial charge is 0.235 e. The number of phenolic OH excluding ortho intramolecular Hbond substituents is 2. The zero-order valence-corrected chi connectivity index (χ0v) is 40.1. The molecule has 0 fully saturated rings. The molecular formula is C53H42IO9S3-. The summed E-state index contributed by atoms with van der Waals surface area (Å²) in [6.07, 6.45) is 4.18. The standard InChI is InChI=1S/C17H10O3S.C17H12O2S.C9H6OS.C8H8O2.C2H6O.HI/c18-15-11-6-2-3-7-12(11)20-17(16(15)19)14-9-10-5-1-4-8-13(10)21-14;18-15-7-3-2-6-14(15)16(19)10-9-13-11-12-5-1-4-8-17(12)20-13;10-6-8-5-7-3-1-2-4-9(7)11-8;1-6(9)7-4-2-3-5-8(7)10;1-2-3;/h1-9,19H;1-11,18H;1-6H;2-5,10H,1H3;3H,2H2,1H3;1H/p-1/b;10-9+;;;;. The van der Waals surface area contributed by atoms with Crippen LogP contribution < -0.4 is 29.4 Å². The first kappa shape index (κ1) is 50.3. The number of benzene rings is 6. The summed E-state index contributed by atoms with van der Waals surface area (Å²) in [6, 6.07) is 49.9. The number of aliphatic hydroxyl groups excluding tert-OH is 1. The predicted octanol–water partition coefficient (Wildman–Crippen LogP) is 10.2. The number of para-hydroxylation sites is 3. The van der Waals surface area contributed by atoms with E-state index in [1.165, 1.54) is 62.6 Å². The van der Waals surface area contributed by atoms with Gasteiger partial charge in [-0.1, -0.05) is 91.0 Å². The van der Waals surface area contributed by atoms with Crippen molar-refractivity contribution >= 4 is 99.2 Å². The third-order valence-corrected chi connectivity index (χ3v) is 12.5. The fraction of sp³-hybridized carbons (Fsp3) is 0.0566. The Labute approximate surface area is 408 Å². The van der Waals surface area contributed by atoms with Crippen molar-refractivity contribution in [2.75, 3.05) is 6.61 Å². The number of ketones is 2. The Bertz CT molecular complexity index is 3230. The number of Topliss-reactive ketones (excluding diaryl/α,β-unsaturated/α-hetero) is 1. The Morgan fingerprint density at radius 1 is 0.606 bits per heavy atom. The Morgan fingerprint density at radius 2 is 1.06 bits per heavy atom. The fourth-order valence-electron chi connectivity index (χ4n) is 6.24. The second-order valence-corrected chi connectivity index (χ2v) is 17.2. The van der Waals surface area contributed by atoms with Crippen molar-refractivity contribution in [1.29, 1.82) is 0 Å². The van der Waals surface area contributed by atoms with Gasteiger partial charge in [-0.2, -0.15) is 0 Å². The lowest BCUT2D eigenvalue weighted by molar-refractivity contribution is -0.0000385. The number of hydrogen-bond donors (Lipinski definition) is 4. The first-order chi connectivity index (χ1) is 31.5. The van der Waals surface area contributed by atoms with E-state index in [0.717, 1.165) is 36.4 Å². The Morgan fingerprint density at radius 3 is 1.58 bits per heavy atom. The van der Waals surface area contributed by atoms with Gasteiger partial charge in [-0.15, -0.1) is 34.0 Å². The summed E-state index contributed by atoms with van der Waals surface area (Å²) in [4.78, 5) is 47.9. The van der Waals surface area contributed by atoms with E-state index in [-0.39, 0.29) is 65.2 Å². The van der Waals surface area contributed by atoms with Gasteiger partial charge in [-0.25, -0.2) is 0 Å². The van der Waals surface area contributed by atoms with Gasteiger partial charge in [0.15, 0.2) is 23.6 Å². The van der Waals surface area contributed by atoms with Crippen LogP contribution in [0.1, 0.15) is 49.1 Å². The summed E-state index contributed by atoms with van der Waals surface area (Å²) < 4.78 is 9.21. The minimum Gasteiger partial charge on any atom is -1.00 e. The Hall–Kier alpha value is -6.75. The number of aldehydes is 1.